The van der Waals surface area contributed by atoms with Crippen LogP contribution in [0.3, 0.4) is 0 Å². The lowest BCUT2D eigenvalue weighted by atomic mass is 9.94. The summed E-state index contributed by atoms with van der Waals surface area (Å²) in [5.74, 6) is 0.674. The van der Waals surface area contributed by atoms with Gasteiger partial charge in [-0.2, -0.15) is 33.3 Å². The largest absolute Gasteiger partial charge is 0.461 e. The van der Waals surface area contributed by atoms with Gasteiger partial charge in [0.25, 0.3) is 0 Å². The zero-order valence-corrected chi connectivity index (χ0v) is 25.8. The molecule has 4 atom stereocenters. The number of rotatable bonds is 5. The first kappa shape index (κ1) is 28.5. The molecule has 1 aromatic carbocycles. The van der Waals surface area contributed by atoms with Crippen LogP contribution in [0.15, 0.2) is 18.5 Å². The third-order valence-electron chi connectivity index (χ3n) is 10.3. The summed E-state index contributed by atoms with van der Waals surface area (Å²) < 4.78 is 65.3. The van der Waals surface area contributed by atoms with Gasteiger partial charge in [0.15, 0.2) is 0 Å². The number of fused-ring (bicyclic) bond motifs is 7. The van der Waals surface area contributed by atoms with Gasteiger partial charge in [0.2, 0.25) is 0 Å². The number of benzene rings is 1. The molecule has 0 spiro atoms. The number of ether oxygens (including phenoxy) is 1. The third-order valence-corrected chi connectivity index (χ3v) is 11.4. The molecule has 10 nitrogen and oxygen atoms in total. The highest BCUT2D eigenvalue weighted by molar-refractivity contribution is 7.26. The van der Waals surface area contributed by atoms with Crippen LogP contribution in [0.25, 0.3) is 42.5 Å². The number of alkyl halides is 4. The van der Waals surface area contributed by atoms with Crippen molar-refractivity contribution in [2.75, 3.05) is 37.7 Å². The van der Waals surface area contributed by atoms with Crippen molar-refractivity contribution in [3.63, 3.8) is 0 Å². The Morgan fingerprint density at radius 3 is 2.74 bits per heavy atom. The molecule has 9 rings (SSSR count). The first-order valence-electron chi connectivity index (χ1n) is 15.7. The van der Waals surface area contributed by atoms with E-state index in [1.54, 1.807) is 6.20 Å². The molecule has 5 aromatic rings. The molecule has 0 saturated carbocycles. The van der Waals surface area contributed by atoms with E-state index in [2.05, 4.69) is 35.5 Å². The second-order valence-corrected chi connectivity index (χ2v) is 14.2. The van der Waals surface area contributed by atoms with Crippen LogP contribution in [0.1, 0.15) is 43.2 Å². The molecule has 4 saturated heterocycles. The van der Waals surface area contributed by atoms with E-state index in [0.717, 1.165) is 50.7 Å². The predicted molar refractivity (Wildman–Crippen MR) is 166 cm³/mol. The van der Waals surface area contributed by atoms with Crippen LogP contribution >= 0.6 is 11.3 Å². The molecule has 2 N–H and O–H groups in total. The van der Waals surface area contributed by atoms with Gasteiger partial charge in [0.1, 0.15) is 29.1 Å². The summed E-state index contributed by atoms with van der Waals surface area (Å²) in [6.45, 7) is 4.45. The number of hydrogen-bond acceptors (Lipinski definition) is 10. The van der Waals surface area contributed by atoms with E-state index in [-0.39, 0.29) is 35.0 Å². The summed E-state index contributed by atoms with van der Waals surface area (Å²) >= 11 is 1.26. The maximum atomic E-state index is 14.6. The van der Waals surface area contributed by atoms with Gasteiger partial charge >= 0.3 is 12.2 Å². The maximum absolute atomic E-state index is 14.6. The van der Waals surface area contributed by atoms with Gasteiger partial charge < -0.3 is 15.0 Å². The van der Waals surface area contributed by atoms with E-state index < -0.39 is 17.9 Å². The molecule has 4 aliphatic heterocycles. The Hall–Kier alpha value is -3.69. The van der Waals surface area contributed by atoms with Crippen LogP contribution in [0.2, 0.25) is 0 Å². The predicted octanol–water partition coefficient (Wildman–Crippen LogP) is 5.40. The lowest BCUT2D eigenvalue weighted by molar-refractivity contribution is -0.137. The Morgan fingerprint density at radius 1 is 1.11 bits per heavy atom. The first-order chi connectivity index (χ1) is 22.2. The molecule has 0 unspecified atom stereocenters. The first-order valence-corrected chi connectivity index (χ1v) is 16.5. The van der Waals surface area contributed by atoms with E-state index >= 15 is 0 Å². The number of nitrogens with zero attached hydrogens (tertiary/aromatic N) is 7. The molecule has 0 amide bonds. The quantitative estimate of drug-likeness (QED) is 0.241. The molecule has 46 heavy (non-hydrogen) atoms. The molecule has 4 aromatic heterocycles. The molecule has 4 aliphatic rings. The smallest absolute Gasteiger partial charge is 0.417 e. The van der Waals surface area contributed by atoms with Crippen molar-refractivity contribution in [1.29, 1.82) is 0 Å². The zero-order valence-electron chi connectivity index (χ0n) is 25.0. The molecular formula is C31H31F4N9OS. The fourth-order valence-electron chi connectivity index (χ4n) is 8.38. The average Bonchev–Trinajstić information content (AvgIpc) is 3.82. The molecule has 8 heterocycles. The van der Waals surface area contributed by atoms with Crippen molar-refractivity contribution in [2.24, 2.45) is 0 Å². The van der Waals surface area contributed by atoms with Crippen LogP contribution in [0, 0.1) is 6.92 Å². The number of anilines is 1. The zero-order chi connectivity index (χ0) is 31.4. The third kappa shape index (κ3) is 4.38. The number of aromatic amines is 1. The number of nitrogens with one attached hydrogen (secondary N) is 2. The highest BCUT2D eigenvalue weighted by Gasteiger charge is 2.49. The molecule has 4 fully saturated rings. The minimum atomic E-state index is -4.64. The highest BCUT2D eigenvalue weighted by Crippen LogP contribution is 2.48. The fourth-order valence-corrected chi connectivity index (χ4v) is 9.51. The summed E-state index contributed by atoms with van der Waals surface area (Å²) in [7, 11) is 0. The monoisotopic (exact) mass is 653 g/mol. The van der Waals surface area contributed by atoms with Gasteiger partial charge in [0, 0.05) is 54.5 Å². The minimum absolute atomic E-state index is 0.0606. The van der Waals surface area contributed by atoms with Crippen molar-refractivity contribution in [3.8, 4) is 17.3 Å². The van der Waals surface area contributed by atoms with Crippen LogP contribution in [-0.4, -0.2) is 91.8 Å². The number of H-pyrrole nitrogens is 1. The van der Waals surface area contributed by atoms with E-state index in [9.17, 15) is 17.6 Å². The SMILES string of the molecule is Cc1cc2[nH]ncc2c(-c2nncc3c2sc2nc(OC[C@@]45CCCN4C[C@H](F)C5)nc(N4C[C@H]5CC[C@@H](C4)N5)c23)c1C(F)(F)F. The molecule has 0 radical (unpaired) electrons. The van der Waals surface area contributed by atoms with E-state index in [1.165, 1.54) is 30.5 Å². The van der Waals surface area contributed by atoms with Crippen molar-refractivity contribution < 1.29 is 22.3 Å². The van der Waals surface area contributed by atoms with E-state index in [0.29, 0.717) is 56.7 Å². The fraction of sp³-hybridized carbons (Fsp3) is 0.516. The van der Waals surface area contributed by atoms with E-state index in [4.69, 9.17) is 14.7 Å². The Balaban J connectivity index is 1.23. The molecule has 0 aliphatic carbocycles. The summed E-state index contributed by atoms with van der Waals surface area (Å²) in [6, 6.07) is 2.28. The minimum Gasteiger partial charge on any atom is -0.461 e. The number of piperazine rings is 1. The summed E-state index contributed by atoms with van der Waals surface area (Å²) in [4.78, 5) is 14.8. The second kappa shape index (κ2) is 10.2. The Bertz CT molecular complexity index is 2000. The van der Waals surface area contributed by atoms with Crippen LogP contribution in [0.5, 0.6) is 6.01 Å². The topological polar surface area (TPSA) is 108 Å². The summed E-state index contributed by atoms with van der Waals surface area (Å²) in [5.41, 5.74) is -0.531. The van der Waals surface area contributed by atoms with Crippen molar-refractivity contribution in [2.45, 2.75) is 69.0 Å². The van der Waals surface area contributed by atoms with Gasteiger partial charge in [-0.3, -0.25) is 10.00 Å². The number of halogens is 4. The van der Waals surface area contributed by atoms with Crippen LogP contribution < -0.4 is 15.0 Å². The Kier molecular flexibility index (Phi) is 6.30. The number of aryl methyl sites for hydroxylation is 1. The van der Waals surface area contributed by atoms with Gasteiger partial charge in [-0.1, -0.05) is 0 Å². The average molecular weight is 654 g/mol. The van der Waals surface area contributed by atoms with E-state index in [1.807, 2.05) is 0 Å². The van der Waals surface area contributed by atoms with Gasteiger partial charge in [0.05, 0.1) is 39.1 Å². The Morgan fingerprint density at radius 2 is 1.93 bits per heavy atom. The normalized spacial score (nSPS) is 26.6. The molecule has 240 valence electrons. The Labute approximate surface area is 264 Å². The summed E-state index contributed by atoms with van der Waals surface area (Å²) in [5, 5.41) is 20.7. The molecule has 2 bridgehead atoms. The standard InChI is InChI=1S/C31H31F4N9OS/c1-15-7-21-19(9-36-41-21)22(24(15)31(33,34)35)25-26-20(10-37-42-25)23-27(43-12-17-3-4-18(13-43)38-17)39-29(40-28(23)46-26)45-14-30-5-2-6-44(30)11-16(32)8-30/h7,9-10,16-18,38H,2-6,8,11-14H2,1H3,(H,36,41)/t16-,17-,18+,30+/m1/s1. The van der Waals surface area contributed by atoms with Gasteiger partial charge in [-0.15, -0.1) is 16.4 Å². The molecular weight excluding hydrogens is 622 g/mol. The van der Waals surface area contributed by atoms with Crippen molar-refractivity contribution >= 4 is 48.4 Å². The van der Waals surface area contributed by atoms with Gasteiger partial charge in [-0.05, 0) is 50.8 Å². The number of aromatic nitrogens is 6. The number of thiophene rings is 1. The lowest BCUT2D eigenvalue weighted by Crippen LogP contribution is -2.51. The summed E-state index contributed by atoms with van der Waals surface area (Å²) in [6.07, 6.45) is 1.87. The van der Waals surface area contributed by atoms with Crippen LogP contribution in [-0.2, 0) is 6.18 Å². The van der Waals surface area contributed by atoms with Gasteiger partial charge in [-0.25, -0.2) is 4.39 Å². The molecule has 15 heteroatoms. The maximum Gasteiger partial charge on any atom is 0.417 e. The number of hydrogen-bond donors (Lipinski definition) is 2. The highest BCUT2D eigenvalue weighted by atomic mass is 32.1. The van der Waals surface area contributed by atoms with Crippen molar-refractivity contribution in [3.05, 3.63) is 29.6 Å². The van der Waals surface area contributed by atoms with Crippen LogP contribution in [0.4, 0.5) is 23.4 Å². The second-order valence-electron chi connectivity index (χ2n) is 13.2. The van der Waals surface area contributed by atoms with Crippen molar-refractivity contribution in [1.82, 2.24) is 40.6 Å². The lowest BCUT2D eigenvalue weighted by Gasteiger charge is -2.34.